The van der Waals surface area contributed by atoms with E-state index in [2.05, 4.69) is 5.32 Å². The lowest BCUT2D eigenvalue weighted by atomic mass is 9.82. The Bertz CT molecular complexity index is 392. The van der Waals surface area contributed by atoms with Crippen LogP contribution in [0.15, 0.2) is 16.7 Å². The van der Waals surface area contributed by atoms with Crippen molar-refractivity contribution in [2.75, 3.05) is 6.54 Å². The molecule has 0 aliphatic heterocycles. The SMILES string of the molecule is Cc1occc1C(=O)NCC1(N)CCCCC1. The summed E-state index contributed by atoms with van der Waals surface area (Å²) in [6.07, 6.45) is 7.11. The molecule has 1 heterocycles. The molecule has 0 saturated heterocycles. The Kier molecular flexibility index (Phi) is 3.52. The molecule has 0 unspecified atom stereocenters. The molecule has 4 nitrogen and oxygen atoms in total. The molecule has 3 N–H and O–H groups in total. The minimum absolute atomic E-state index is 0.0911. The van der Waals surface area contributed by atoms with Gasteiger partial charge in [-0.1, -0.05) is 19.3 Å². The molecule has 0 radical (unpaired) electrons. The maximum Gasteiger partial charge on any atom is 0.254 e. The summed E-state index contributed by atoms with van der Waals surface area (Å²) in [4.78, 5) is 11.9. The van der Waals surface area contributed by atoms with Gasteiger partial charge in [-0.25, -0.2) is 0 Å². The van der Waals surface area contributed by atoms with Crippen LogP contribution in [0.5, 0.6) is 0 Å². The third-order valence-corrected chi connectivity index (χ3v) is 3.55. The fourth-order valence-corrected chi connectivity index (χ4v) is 2.40. The van der Waals surface area contributed by atoms with E-state index in [4.69, 9.17) is 10.2 Å². The van der Waals surface area contributed by atoms with Crippen LogP contribution in [-0.2, 0) is 0 Å². The maximum atomic E-state index is 11.9. The summed E-state index contributed by atoms with van der Waals surface area (Å²) < 4.78 is 5.11. The zero-order valence-electron chi connectivity index (χ0n) is 10.3. The smallest absolute Gasteiger partial charge is 0.254 e. The van der Waals surface area contributed by atoms with Crippen LogP contribution in [0.1, 0.15) is 48.2 Å². The Morgan fingerprint density at radius 1 is 1.47 bits per heavy atom. The highest BCUT2D eigenvalue weighted by Gasteiger charge is 2.28. The van der Waals surface area contributed by atoms with Gasteiger partial charge in [0.25, 0.3) is 5.91 Å². The van der Waals surface area contributed by atoms with Crippen molar-refractivity contribution in [2.24, 2.45) is 5.73 Å². The number of amides is 1. The molecule has 1 saturated carbocycles. The summed E-state index contributed by atoms with van der Waals surface area (Å²) >= 11 is 0. The third kappa shape index (κ3) is 2.88. The molecule has 94 valence electrons. The molecule has 0 aromatic carbocycles. The number of carbonyl (C=O) groups excluding carboxylic acids is 1. The van der Waals surface area contributed by atoms with E-state index in [1.54, 1.807) is 13.0 Å². The Morgan fingerprint density at radius 2 is 2.18 bits per heavy atom. The van der Waals surface area contributed by atoms with Crippen LogP contribution < -0.4 is 11.1 Å². The van der Waals surface area contributed by atoms with Crippen molar-refractivity contribution in [3.63, 3.8) is 0 Å². The number of nitrogens with two attached hydrogens (primary N) is 1. The zero-order valence-corrected chi connectivity index (χ0v) is 10.3. The summed E-state index contributed by atoms with van der Waals surface area (Å²) in [5, 5.41) is 2.91. The van der Waals surface area contributed by atoms with Crippen molar-refractivity contribution in [1.82, 2.24) is 5.32 Å². The highest BCUT2D eigenvalue weighted by Crippen LogP contribution is 2.25. The van der Waals surface area contributed by atoms with E-state index in [0.29, 0.717) is 17.9 Å². The van der Waals surface area contributed by atoms with Gasteiger partial charge in [-0.2, -0.15) is 0 Å². The van der Waals surface area contributed by atoms with Crippen LogP contribution in [0.4, 0.5) is 0 Å². The number of furan rings is 1. The van der Waals surface area contributed by atoms with Gasteiger partial charge in [0.15, 0.2) is 0 Å². The molecule has 1 aromatic rings. The lowest BCUT2D eigenvalue weighted by Crippen LogP contribution is -2.51. The topological polar surface area (TPSA) is 68.3 Å². The highest BCUT2D eigenvalue weighted by molar-refractivity contribution is 5.95. The Labute approximate surface area is 102 Å². The number of nitrogens with one attached hydrogen (secondary N) is 1. The van der Waals surface area contributed by atoms with E-state index in [0.717, 1.165) is 25.7 Å². The summed E-state index contributed by atoms with van der Waals surface area (Å²) in [5.74, 6) is 0.559. The molecule has 2 rings (SSSR count). The van der Waals surface area contributed by atoms with Crippen LogP contribution in [0.3, 0.4) is 0 Å². The van der Waals surface area contributed by atoms with Gasteiger partial charge in [0, 0.05) is 12.1 Å². The van der Waals surface area contributed by atoms with Gasteiger partial charge >= 0.3 is 0 Å². The number of rotatable bonds is 3. The van der Waals surface area contributed by atoms with Crippen molar-refractivity contribution in [1.29, 1.82) is 0 Å². The molecule has 1 fully saturated rings. The van der Waals surface area contributed by atoms with Crippen molar-refractivity contribution < 1.29 is 9.21 Å². The minimum atomic E-state index is -0.217. The first-order valence-electron chi connectivity index (χ1n) is 6.22. The first kappa shape index (κ1) is 12.2. The van der Waals surface area contributed by atoms with Crippen molar-refractivity contribution in [2.45, 2.75) is 44.6 Å². The molecular formula is C13H20N2O2. The van der Waals surface area contributed by atoms with E-state index in [9.17, 15) is 4.79 Å². The molecule has 4 heteroatoms. The quantitative estimate of drug-likeness (QED) is 0.843. The molecule has 17 heavy (non-hydrogen) atoms. The average Bonchev–Trinajstić information content (AvgIpc) is 2.74. The number of hydrogen-bond donors (Lipinski definition) is 2. The average molecular weight is 236 g/mol. The Hall–Kier alpha value is -1.29. The van der Waals surface area contributed by atoms with Crippen LogP contribution in [0.2, 0.25) is 0 Å². The molecule has 1 aromatic heterocycles. The summed E-state index contributed by atoms with van der Waals surface area (Å²) in [5.41, 5.74) is 6.65. The molecule has 1 aliphatic rings. The molecule has 1 aliphatic carbocycles. The van der Waals surface area contributed by atoms with E-state index >= 15 is 0 Å². The first-order valence-corrected chi connectivity index (χ1v) is 6.22. The van der Waals surface area contributed by atoms with E-state index in [1.807, 2.05) is 0 Å². The Morgan fingerprint density at radius 3 is 2.76 bits per heavy atom. The van der Waals surface area contributed by atoms with Gasteiger partial charge in [0.1, 0.15) is 5.76 Å². The summed E-state index contributed by atoms with van der Waals surface area (Å²) in [6.45, 7) is 2.34. The molecular weight excluding hydrogens is 216 g/mol. The second-order valence-electron chi connectivity index (χ2n) is 5.00. The first-order chi connectivity index (χ1) is 8.11. The standard InChI is InChI=1S/C13H20N2O2/c1-10-11(5-8-17-10)12(16)15-9-13(14)6-3-2-4-7-13/h5,8H,2-4,6-7,9,14H2,1H3,(H,15,16). The molecule has 1 amide bonds. The van der Waals surface area contributed by atoms with Crippen LogP contribution in [0, 0.1) is 6.92 Å². The van der Waals surface area contributed by atoms with Gasteiger partial charge in [-0.3, -0.25) is 4.79 Å². The Balaban J connectivity index is 1.90. The van der Waals surface area contributed by atoms with Crippen LogP contribution in [0.25, 0.3) is 0 Å². The monoisotopic (exact) mass is 236 g/mol. The number of hydrogen-bond acceptors (Lipinski definition) is 3. The van der Waals surface area contributed by atoms with Gasteiger partial charge in [0.05, 0.1) is 11.8 Å². The van der Waals surface area contributed by atoms with Crippen molar-refractivity contribution in [3.8, 4) is 0 Å². The van der Waals surface area contributed by atoms with Gasteiger partial charge < -0.3 is 15.5 Å². The normalized spacial score (nSPS) is 18.9. The predicted molar refractivity (Wildman–Crippen MR) is 65.8 cm³/mol. The van der Waals surface area contributed by atoms with E-state index < -0.39 is 0 Å². The fourth-order valence-electron chi connectivity index (χ4n) is 2.40. The van der Waals surface area contributed by atoms with Crippen molar-refractivity contribution >= 4 is 5.91 Å². The summed E-state index contributed by atoms with van der Waals surface area (Å²) in [7, 11) is 0. The largest absolute Gasteiger partial charge is 0.469 e. The number of aryl methyl sites for hydroxylation is 1. The van der Waals surface area contributed by atoms with Crippen LogP contribution >= 0.6 is 0 Å². The van der Waals surface area contributed by atoms with Gasteiger partial charge in [0.2, 0.25) is 0 Å². The van der Waals surface area contributed by atoms with Crippen LogP contribution in [-0.4, -0.2) is 18.0 Å². The predicted octanol–water partition coefficient (Wildman–Crippen LogP) is 1.98. The maximum absolute atomic E-state index is 11.9. The minimum Gasteiger partial charge on any atom is -0.469 e. The molecule has 0 spiro atoms. The van der Waals surface area contributed by atoms with E-state index in [-0.39, 0.29) is 11.4 Å². The van der Waals surface area contributed by atoms with E-state index in [1.165, 1.54) is 12.7 Å². The second kappa shape index (κ2) is 4.92. The lowest BCUT2D eigenvalue weighted by molar-refractivity contribution is 0.0936. The highest BCUT2D eigenvalue weighted by atomic mass is 16.3. The zero-order chi connectivity index (χ0) is 12.3. The molecule has 0 atom stereocenters. The van der Waals surface area contributed by atoms with Gasteiger partial charge in [-0.15, -0.1) is 0 Å². The number of carbonyl (C=O) groups is 1. The second-order valence-corrected chi connectivity index (χ2v) is 5.00. The lowest BCUT2D eigenvalue weighted by Gasteiger charge is -2.33. The summed E-state index contributed by atoms with van der Waals surface area (Å²) in [6, 6.07) is 1.69. The van der Waals surface area contributed by atoms with Crippen molar-refractivity contribution in [3.05, 3.63) is 23.7 Å². The van der Waals surface area contributed by atoms with Gasteiger partial charge in [-0.05, 0) is 25.8 Å². The molecule has 0 bridgehead atoms. The third-order valence-electron chi connectivity index (χ3n) is 3.55. The fraction of sp³-hybridized carbons (Fsp3) is 0.615.